The highest BCUT2D eigenvalue weighted by Gasteiger charge is 2.19. The van der Waals surface area contributed by atoms with Gasteiger partial charge in [-0.15, -0.1) is 6.42 Å². The Kier molecular flexibility index (Phi) is 1.96. The van der Waals surface area contributed by atoms with Gasteiger partial charge >= 0.3 is 0 Å². The van der Waals surface area contributed by atoms with Gasteiger partial charge in [0.15, 0.2) is 0 Å². The fourth-order valence-electron chi connectivity index (χ4n) is 1.64. The summed E-state index contributed by atoms with van der Waals surface area (Å²) in [7, 11) is 0. The lowest BCUT2D eigenvalue weighted by molar-refractivity contribution is 0.277. The summed E-state index contributed by atoms with van der Waals surface area (Å²) >= 11 is 0. The van der Waals surface area contributed by atoms with E-state index in [1.165, 1.54) is 5.56 Å². The molecular weight excluding hydrogens is 162 g/mol. The summed E-state index contributed by atoms with van der Waals surface area (Å²) in [6.45, 7) is 0.167. The van der Waals surface area contributed by atoms with Gasteiger partial charge in [0.25, 0.3) is 0 Å². The molecule has 2 rings (SSSR count). The standard InChI is InChI=1S/C11H11NO/c1-2-8-3-4-11-9(5-8)6-10(7-13)12-11/h1,3-5,10,12-13H,6-7H2/t10-/m0/s1. The molecule has 1 heterocycles. The molecule has 0 radical (unpaired) electrons. The molecular formula is C11H11NO. The molecule has 1 aliphatic heterocycles. The normalized spacial score (nSPS) is 18.9. The number of fused-ring (bicyclic) bond motifs is 1. The van der Waals surface area contributed by atoms with Crippen molar-refractivity contribution in [3.63, 3.8) is 0 Å². The van der Waals surface area contributed by atoms with Crippen molar-refractivity contribution in [3.8, 4) is 12.3 Å². The van der Waals surface area contributed by atoms with E-state index < -0.39 is 0 Å². The molecule has 1 atom stereocenters. The average Bonchev–Trinajstić information content (AvgIpc) is 2.58. The van der Waals surface area contributed by atoms with Crippen LogP contribution in [0.15, 0.2) is 18.2 Å². The van der Waals surface area contributed by atoms with Crippen molar-refractivity contribution in [1.29, 1.82) is 0 Å². The summed E-state index contributed by atoms with van der Waals surface area (Å²) in [5, 5.41) is 12.2. The molecule has 0 amide bonds. The first kappa shape index (κ1) is 8.15. The number of hydrogen-bond donors (Lipinski definition) is 2. The third-order valence-corrected chi connectivity index (χ3v) is 2.32. The Morgan fingerprint density at radius 2 is 2.46 bits per heavy atom. The molecule has 1 aliphatic rings. The minimum absolute atomic E-state index is 0.156. The molecule has 1 aromatic rings. The third-order valence-electron chi connectivity index (χ3n) is 2.32. The zero-order valence-electron chi connectivity index (χ0n) is 7.25. The molecule has 2 nitrogen and oxygen atoms in total. The minimum atomic E-state index is 0.156. The van der Waals surface area contributed by atoms with Crippen molar-refractivity contribution in [2.45, 2.75) is 12.5 Å². The van der Waals surface area contributed by atoms with Gasteiger partial charge in [0.1, 0.15) is 0 Å². The SMILES string of the molecule is C#Cc1ccc2c(c1)C[C@@H](CO)N2. The second-order valence-corrected chi connectivity index (χ2v) is 3.24. The van der Waals surface area contributed by atoms with Crippen LogP contribution in [0, 0.1) is 12.3 Å². The lowest BCUT2D eigenvalue weighted by atomic mass is 10.1. The van der Waals surface area contributed by atoms with E-state index in [9.17, 15) is 0 Å². The summed E-state index contributed by atoms with van der Waals surface area (Å²) in [5.41, 5.74) is 3.20. The van der Waals surface area contributed by atoms with E-state index in [0.29, 0.717) is 0 Å². The number of terminal acetylenes is 1. The van der Waals surface area contributed by atoms with Crippen LogP contribution in [-0.4, -0.2) is 17.8 Å². The van der Waals surface area contributed by atoms with Crippen molar-refractivity contribution in [3.05, 3.63) is 29.3 Å². The Morgan fingerprint density at radius 3 is 3.15 bits per heavy atom. The number of anilines is 1. The maximum Gasteiger partial charge on any atom is 0.0636 e. The zero-order valence-corrected chi connectivity index (χ0v) is 7.25. The van der Waals surface area contributed by atoms with Crippen molar-refractivity contribution >= 4 is 5.69 Å². The highest BCUT2D eigenvalue weighted by atomic mass is 16.3. The first-order chi connectivity index (χ1) is 6.33. The first-order valence-corrected chi connectivity index (χ1v) is 4.30. The molecule has 0 saturated carbocycles. The highest BCUT2D eigenvalue weighted by molar-refractivity contribution is 5.59. The number of benzene rings is 1. The van der Waals surface area contributed by atoms with Crippen LogP contribution in [0.2, 0.25) is 0 Å². The van der Waals surface area contributed by atoms with Gasteiger partial charge in [0.05, 0.1) is 12.6 Å². The van der Waals surface area contributed by atoms with Crippen molar-refractivity contribution in [1.82, 2.24) is 0 Å². The summed E-state index contributed by atoms with van der Waals surface area (Å²) in [6, 6.07) is 6.03. The maximum absolute atomic E-state index is 8.96. The topological polar surface area (TPSA) is 32.3 Å². The largest absolute Gasteiger partial charge is 0.394 e. The highest BCUT2D eigenvalue weighted by Crippen LogP contribution is 2.26. The van der Waals surface area contributed by atoms with Gasteiger partial charge in [-0.2, -0.15) is 0 Å². The predicted octanol–water partition coefficient (Wildman–Crippen LogP) is 0.997. The quantitative estimate of drug-likeness (QED) is 0.621. The molecule has 66 valence electrons. The Labute approximate surface area is 77.6 Å². The lowest BCUT2D eigenvalue weighted by Crippen LogP contribution is -2.19. The summed E-state index contributed by atoms with van der Waals surface area (Å²) in [6.07, 6.45) is 6.15. The van der Waals surface area contributed by atoms with Gasteiger partial charge in [0.2, 0.25) is 0 Å². The molecule has 0 aliphatic carbocycles. The second kappa shape index (κ2) is 3.12. The van der Waals surface area contributed by atoms with Crippen molar-refractivity contribution in [2.75, 3.05) is 11.9 Å². The van der Waals surface area contributed by atoms with E-state index in [4.69, 9.17) is 11.5 Å². The number of hydrogen-bond acceptors (Lipinski definition) is 2. The maximum atomic E-state index is 8.96. The van der Waals surface area contributed by atoms with Crippen LogP contribution in [0.4, 0.5) is 5.69 Å². The average molecular weight is 173 g/mol. The fourth-order valence-corrected chi connectivity index (χ4v) is 1.64. The van der Waals surface area contributed by atoms with E-state index in [-0.39, 0.29) is 12.6 Å². The van der Waals surface area contributed by atoms with Crippen LogP contribution in [0.3, 0.4) is 0 Å². The number of nitrogens with one attached hydrogen (secondary N) is 1. The Morgan fingerprint density at radius 1 is 1.62 bits per heavy atom. The van der Waals surface area contributed by atoms with Crippen LogP contribution in [0.25, 0.3) is 0 Å². The Hall–Kier alpha value is -1.46. The van der Waals surface area contributed by atoms with E-state index in [1.807, 2.05) is 18.2 Å². The van der Waals surface area contributed by atoms with Crippen molar-refractivity contribution < 1.29 is 5.11 Å². The monoisotopic (exact) mass is 173 g/mol. The molecule has 0 saturated heterocycles. The fraction of sp³-hybridized carbons (Fsp3) is 0.273. The molecule has 2 N–H and O–H groups in total. The molecule has 2 heteroatoms. The Bertz CT molecular complexity index is 365. The van der Waals surface area contributed by atoms with Crippen molar-refractivity contribution in [2.24, 2.45) is 0 Å². The van der Waals surface area contributed by atoms with Crippen LogP contribution in [-0.2, 0) is 6.42 Å². The molecule has 0 spiro atoms. The third kappa shape index (κ3) is 1.39. The number of aliphatic hydroxyl groups excluding tert-OH is 1. The van der Waals surface area contributed by atoms with Crippen LogP contribution in [0.1, 0.15) is 11.1 Å². The second-order valence-electron chi connectivity index (χ2n) is 3.24. The van der Waals surface area contributed by atoms with Gasteiger partial charge in [-0.25, -0.2) is 0 Å². The number of rotatable bonds is 1. The molecule has 0 unspecified atom stereocenters. The zero-order chi connectivity index (χ0) is 9.26. The van der Waals surface area contributed by atoms with E-state index in [0.717, 1.165) is 17.7 Å². The smallest absolute Gasteiger partial charge is 0.0636 e. The lowest BCUT2D eigenvalue weighted by Gasteiger charge is -2.04. The molecule has 13 heavy (non-hydrogen) atoms. The molecule has 0 bridgehead atoms. The van der Waals surface area contributed by atoms with Gasteiger partial charge in [-0.05, 0) is 30.2 Å². The summed E-state index contributed by atoms with van der Waals surface area (Å²) < 4.78 is 0. The summed E-state index contributed by atoms with van der Waals surface area (Å²) in [4.78, 5) is 0. The molecule has 0 fully saturated rings. The van der Waals surface area contributed by atoms with Gasteiger partial charge < -0.3 is 10.4 Å². The molecule has 1 aromatic carbocycles. The predicted molar refractivity (Wildman–Crippen MR) is 52.6 cm³/mol. The minimum Gasteiger partial charge on any atom is -0.394 e. The Balaban J connectivity index is 2.32. The van der Waals surface area contributed by atoms with Crippen LogP contribution < -0.4 is 5.32 Å². The summed E-state index contributed by atoms with van der Waals surface area (Å²) in [5.74, 6) is 2.60. The van der Waals surface area contributed by atoms with Gasteiger partial charge in [-0.1, -0.05) is 5.92 Å². The first-order valence-electron chi connectivity index (χ1n) is 4.30. The van der Waals surface area contributed by atoms with Crippen LogP contribution in [0.5, 0.6) is 0 Å². The van der Waals surface area contributed by atoms with Gasteiger partial charge in [0, 0.05) is 11.3 Å². The van der Waals surface area contributed by atoms with E-state index in [2.05, 4.69) is 11.2 Å². The van der Waals surface area contributed by atoms with Crippen LogP contribution >= 0.6 is 0 Å². The van der Waals surface area contributed by atoms with E-state index >= 15 is 0 Å². The van der Waals surface area contributed by atoms with Gasteiger partial charge in [-0.3, -0.25) is 0 Å². The molecule has 0 aromatic heterocycles. The van der Waals surface area contributed by atoms with E-state index in [1.54, 1.807) is 0 Å². The number of aliphatic hydroxyl groups is 1.